The van der Waals surface area contributed by atoms with Gasteiger partial charge in [-0.1, -0.05) is 19.6 Å². The van der Waals surface area contributed by atoms with Gasteiger partial charge in [0.05, 0.1) is 5.69 Å². The molecule has 4 nitrogen and oxygen atoms in total. The molecule has 0 aliphatic heterocycles. The quantitative estimate of drug-likeness (QED) is 0.563. The Balaban J connectivity index is 2.06. The van der Waals surface area contributed by atoms with Crippen LogP contribution < -0.4 is 0 Å². The maximum absolute atomic E-state index is 5.82. The second-order valence-electron chi connectivity index (χ2n) is 6.33. The molecule has 2 rings (SSSR count). The number of aromatic nitrogens is 3. The fourth-order valence-electron chi connectivity index (χ4n) is 1.97. The van der Waals surface area contributed by atoms with E-state index in [2.05, 4.69) is 57.0 Å². The molecule has 0 aromatic carbocycles. The topological polar surface area (TPSA) is 39.9 Å². The zero-order valence-electron chi connectivity index (χ0n) is 13.1. The molecule has 0 unspecified atom stereocenters. The maximum Gasteiger partial charge on any atom is 0.179 e. The Bertz CT molecular complexity index is 593. The Kier molecular flexibility index (Phi) is 5.35. The third-order valence-corrected chi connectivity index (χ3v) is 5.65. The molecule has 0 aliphatic carbocycles. The van der Waals surface area contributed by atoms with Crippen LogP contribution in [0.1, 0.15) is 5.69 Å². The van der Waals surface area contributed by atoms with E-state index in [1.807, 2.05) is 12.1 Å². The monoisotopic (exact) mass is 367 g/mol. The Morgan fingerprint density at radius 1 is 1.24 bits per heavy atom. The van der Waals surface area contributed by atoms with Crippen molar-refractivity contribution >= 4 is 24.0 Å². The van der Waals surface area contributed by atoms with E-state index in [9.17, 15) is 0 Å². The predicted molar refractivity (Wildman–Crippen MR) is 92.0 cm³/mol. The van der Waals surface area contributed by atoms with Gasteiger partial charge in [0.25, 0.3) is 0 Å². The van der Waals surface area contributed by atoms with Crippen molar-refractivity contribution in [1.29, 1.82) is 0 Å². The minimum Gasteiger partial charge on any atom is -0.361 e. The third kappa shape index (κ3) is 4.49. The van der Waals surface area contributed by atoms with Crippen molar-refractivity contribution in [1.82, 2.24) is 14.5 Å². The molecule has 0 fully saturated rings. The molecule has 0 radical (unpaired) electrons. The molecule has 2 heterocycles. The third-order valence-electron chi connectivity index (χ3n) is 3.34. The number of hydrogen-bond acceptors (Lipinski definition) is 3. The standard InChI is InChI=1S/C15H22BrN3OSi/c1-12-14(13-5-7-17-8-6-13)18-15(16)19(12)11-20-9-10-21(2,3)4/h5-8H,9-11H2,1-4H3. The van der Waals surface area contributed by atoms with Crippen LogP contribution in [0.5, 0.6) is 0 Å². The van der Waals surface area contributed by atoms with Gasteiger partial charge in [-0.05, 0) is 41.0 Å². The van der Waals surface area contributed by atoms with Gasteiger partial charge in [0, 0.05) is 38.3 Å². The Hall–Kier alpha value is -0.983. The molecule has 0 bridgehead atoms. The van der Waals surface area contributed by atoms with Crippen LogP contribution in [0.15, 0.2) is 29.3 Å². The summed E-state index contributed by atoms with van der Waals surface area (Å²) in [5, 5.41) is 0. The van der Waals surface area contributed by atoms with Crippen molar-refractivity contribution < 1.29 is 4.74 Å². The number of imidazole rings is 1. The fourth-order valence-corrected chi connectivity index (χ4v) is 3.27. The molecular formula is C15H22BrN3OSi. The van der Waals surface area contributed by atoms with Crippen molar-refractivity contribution in [3.05, 3.63) is 35.0 Å². The van der Waals surface area contributed by atoms with E-state index in [0.717, 1.165) is 28.3 Å². The van der Waals surface area contributed by atoms with Crippen LogP contribution in [-0.2, 0) is 11.5 Å². The molecule has 0 saturated heterocycles. The average molecular weight is 368 g/mol. The van der Waals surface area contributed by atoms with E-state index in [1.54, 1.807) is 12.4 Å². The first kappa shape index (κ1) is 16.4. The van der Waals surface area contributed by atoms with Crippen LogP contribution in [0, 0.1) is 6.92 Å². The maximum atomic E-state index is 5.82. The van der Waals surface area contributed by atoms with Crippen LogP contribution in [0.4, 0.5) is 0 Å². The molecule has 2 aromatic heterocycles. The van der Waals surface area contributed by atoms with Gasteiger partial charge in [0.2, 0.25) is 0 Å². The number of rotatable bonds is 6. The van der Waals surface area contributed by atoms with E-state index in [0.29, 0.717) is 6.73 Å². The van der Waals surface area contributed by atoms with Gasteiger partial charge in [-0.15, -0.1) is 0 Å². The van der Waals surface area contributed by atoms with Crippen molar-refractivity contribution in [3.8, 4) is 11.3 Å². The van der Waals surface area contributed by atoms with Crippen LogP contribution in [0.3, 0.4) is 0 Å². The van der Waals surface area contributed by atoms with Gasteiger partial charge in [0.1, 0.15) is 6.73 Å². The highest BCUT2D eigenvalue weighted by atomic mass is 79.9. The largest absolute Gasteiger partial charge is 0.361 e. The number of nitrogens with zero attached hydrogens (tertiary/aromatic N) is 3. The van der Waals surface area contributed by atoms with Crippen molar-refractivity contribution in [2.24, 2.45) is 0 Å². The first-order valence-corrected chi connectivity index (χ1v) is 11.6. The summed E-state index contributed by atoms with van der Waals surface area (Å²) in [6, 6.07) is 5.12. The average Bonchev–Trinajstić information content (AvgIpc) is 2.71. The molecule has 0 aliphatic rings. The van der Waals surface area contributed by atoms with Gasteiger partial charge < -0.3 is 4.74 Å². The van der Waals surface area contributed by atoms with Gasteiger partial charge in [-0.2, -0.15) is 0 Å². The minimum absolute atomic E-state index is 0.537. The fraction of sp³-hybridized carbons (Fsp3) is 0.467. The summed E-state index contributed by atoms with van der Waals surface area (Å²) in [6.45, 7) is 10.5. The van der Waals surface area contributed by atoms with E-state index in [1.165, 1.54) is 6.04 Å². The molecule has 0 spiro atoms. The predicted octanol–water partition coefficient (Wildman–Crippen LogP) is 4.33. The molecule has 0 N–H and O–H groups in total. The lowest BCUT2D eigenvalue weighted by Gasteiger charge is -2.16. The number of ether oxygens (including phenoxy) is 1. The Morgan fingerprint density at radius 3 is 2.52 bits per heavy atom. The summed E-state index contributed by atoms with van der Waals surface area (Å²) in [4.78, 5) is 8.63. The normalized spacial score (nSPS) is 11.9. The first-order valence-electron chi connectivity index (χ1n) is 7.09. The lowest BCUT2D eigenvalue weighted by Crippen LogP contribution is -2.22. The molecule has 2 aromatic rings. The molecular weight excluding hydrogens is 346 g/mol. The summed E-state index contributed by atoms with van der Waals surface area (Å²) in [6.07, 6.45) is 3.57. The zero-order chi connectivity index (χ0) is 15.5. The van der Waals surface area contributed by atoms with Crippen LogP contribution in [0.25, 0.3) is 11.3 Å². The zero-order valence-corrected chi connectivity index (χ0v) is 15.6. The van der Waals surface area contributed by atoms with Crippen molar-refractivity contribution in [2.45, 2.75) is 39.3 Å². The second-order valence-corrected chi connectivity index (χ2v) is 12.7. The van der Waals surface area contributed by atoms with E-state index in [4.69, 9.17) is 4.74 Å². The van der Waals surface area contributed by atoms with Crippen molar-refractivity contribution in [3.63, 3.8) is 0 Å². The lowest BCUT2D eigenvalue weighted by atomic mass is 10.2. The summed E-state index contributed by atoms with van der Waals surface area (Å²) >= 11 is 3.52. The highest BCUT2D eigenvalue weighted by Crippen LogP contribution is 2.25. The van der Waals surface area contributed by atoms with Crippen LogP contribution >= 0.6 is 15.9 Å². The summed E-state index contributed by atoms with van der Waals surface area (Å²) < 4.78 is 8.68. The minimum atomic E-state index is -1.04. The smallest absolute Gasteiger partial charge is 0.179 e. The van der Waals surface area contributed by atoms with E-state index < -0.39 is 8.07 Å². The van der Waals surface area contributed by atoms with Crippen LogP contribution in [-0.4, -0.2) is 29.2 Å². The lowest BCUT2D eigenvalue weighted by molar-refractivity contribution is 0.0843. The van der Waals surface area contributed by atoms with Gasteiger partial charge in [-0.3, -0.25) is 9.55 Å². The SMILES string of the molecule is Cc1c(-c2ccncc2)nc(Br)n1COCC[Si](C)(C)C. The van der Waals surface area contributed by atoms with Gasteiger partial charge in [-0.25, -0.2) is 4.98 Å². The molecule has 6 heteroatoms. The van der Waals surface area contributed by atoms with E-state index in [-0.39, 0.29) is 0 Å². The Morgan fingerprint density at radius 2 is 1.90 bits per heavy atom. The molecule has 0 amide bonds. The highest BCUT2D eigenvalue weighted by molar-refractivity contribution is 9.10. The first-order chi connectivity index (χ1) is 9.88. The Labute approximate surface area is 135 Å². The summed E-state index contributed by atoms with van der Waals surface area (Å²) in [5.41, 5.74) is 3.14. The number of hydrogen-bond donors (Lipinski definition) is 0. The van der Waals surface area contributed by atoms with Gasteiger partial charge >= 0.3 is 0 Å². The molecule has 0 saturated carbocycles. The molecule has 21 heavy (non-hydrogen) atoms. The van der Waals surface area contributed by atoms with Gasteiger partial charge in [0.15, 0.2) is 4.73 Å². The van der Waals surface area contributed by atoms with Crippen LogP contribution in [0.2, 0.25) is 25.7 Å². The highest BCUT2D eigenvalue weighted by Gasteiger charge is 2.15. The van der Waals surface area contributed by atoms with Crippen molar-refractivity contribution in [2.75, 3.05) is 6.61 Å². The summed E-state index contributed by atoms with van der Waals surface area (Å²) in [5.74, 6) is 0. The number of pyridine rings is 1. The second kappa shape index (κ2) is 6.85. The molecule has 0 atom stereocenters. The summed E-state index contributed by atoms with van der Waals surface area (Å²) in [7, 11) is -1.04. The van der Waals surface area contributed by atoms with E-state index >= 15 is 0 Å². The molecule has 114 valence electrons. The number of halogens is 1.